The van der Waals surface area contributed by atoms with Crippen LogP contribution in [-0.2, 0) is 6.54 Å². The van der Waals surface area contributed by atoms with Gasteiger partial charge in [-0.2, -0.15) is 5.10 Å². The fraction of sp³-hybridized carbons (Fsp3) is 0.478. The quantitative estimate of drug-likeness (QED) is 0.303. The van der Waals surface area contributed by atoms with Crippen molar-refractivity contribution < 1.29 is 14.3 Å². The fourth-order valence-electron chi connectivity index (χ4n) is 3.11. The topological polar surface area (TPSA) is 103 Å². The number of nitrogens with zero attached hydrogens (tertiary/aromatic N) is 4. The van der Waals surface area contributed by atoms with Gasteiger partial charge in [-0.05, 0) is 24.5 Å². The van der Waals surface area contributed by atoms with Crippen LogP contribution >= 0.6 is 11.8 Å². The van der Waals surface area contributed by atoms with Crippen molar-refractivity contribution in [1.82, 2.24) is 25.1 Å². The highest BCUT2D eigenvalue weighted by Gasteiger charge is 2.15. The molecule has 0 saturated heterocycles. The summed E-state index contributed by atoms with van der Waals surface area (Å²) in [4.78, 5) is 22.1. The number of amides is 1. The summed E-state index contributed by atoms with van der Waals surface area (Å²) in [5.41, 5.74) is 1.23. The number of methoxy groups -OCH3 is 2. The van der Waals surface area contributed by atoms with Gasteiger partial charge in [0.1, 0.15) is 17.3 Å². The van der Waals surface area contributed by atoms with E-state index in [1.165, 1.54) is 0 Å². The highest BCUT2D eigenvalue weighted by Crippen LogP contribution is 2.25. The van der Waals surface area contributed by atoms with Crippen LogP contribution in [0.25, 0.3) is 11.0 Å². The van der Waals surface area contributed by atoms with Crippen LogP contribution in [0.3, 0.4) is 0 Å². The van der Waals surface area contributed by atoms with Crippen molar-refractivity contribution in [2.45, 2.75) is 38.9 Å². The summed E-state index contributed by atoms with van der Waals surface area (Å²) in [5.74, 6) is 3.15. The maximum absolute atomic E-state index is 12.7. The summed E-state index contributed by atoms with van der Waals surface area (Å²) in [5, 5.41) is 12.5. The number of thioether (sulfide) groups is 1. The Bertz CT molecular complexity index is 1060. The number of anilines is 1. The molecule has 2 N–H and O–H groups in total. The third-order valence-electron chi connectivity index (χ3n) is 4.81. The van der Waals surface area contributed by atoms with E-state index in [2.05, 4.69) is 36.5 Å². The largest absolute Gasteiger partial charge is 0.497 e. The van der Waals surface area contributed by atoms with Crippen molar-refractivity contribution in [2.75, 3.05) is 38.4 Å². The van der Waals surface area contributed by atoms with E-state index in [-0.39, 0.29) is 5.91 Å². The first-order valence-corrected chi connectivity index (χ1v) is 12.0. The van der Waals surface area contributed by atoms with E-state index < -0.39 is 0 Å². The summed E-state index contributed by atoms with van der Waals surface area (Å²) in [6.45, 7) is 8.13. The molecule has 0 spiro atoms. The molecule has 0 fully saturated rings. The second-order valence-corrected chi connectivity index (χ2v) is 9.00. The highest BCUT2D eigenvalue weighted by atomic mass is 32.2. The van der Waals surface area contributed by atoms with E-state index in [1.54, 1.807) is 55.1 Å². The first-order chi connectivity index (χ1) is 15.9. The van der Waals surface area contributed by atoms with E-state index in [0.717, 1.165) is 40.7 Å². The van der Waals surface area contributed by atoms with Crippen molar-refractivity contribution >= 4 is 34.5 Å². The number of aromatic nitrogens is 4. The van der Waals surface area contributed by atoms with Gasteiger partial charge in [-0.3, -0.25) is 4.79 Å². The predicted octanol–water partition coefficient (Wildman–Crippen LogP) is 3.84. The molecule has 9 nitrogen and oxygen atoms in total. The molecule has 0 saturated carbocycles. The number of hydrogen-bond donors (Lipinski definition) is 2. The fourth-order valence-corrected chi connectivity index (χ4v) is 3.80. The Morgan fingerprint density at radius 3 is 2.52 bits per heavy atom. The minimum absolute atomic E-state index is 0.211. The van der Waals surface area contributed by atoms with Gasteiger partial charge in [0, 0.05) is 30.5 Å². The van der Waals surface area contributed by atoms with Gasteiger partial charge >= 0.3 is 0 Å². The van der Waals surface area contributed by atoms with Crippen LogP contribution in [-0.4, -0.2) is 58.7 Å². The summed E-state index contributed by atoms with van der Waals surface area (Å²) < 4.78 is 12.3. The predicted molar refractivity (Wildman–Crippen MR) is 132 cm³/mol. The number of rotatable bonds is 12. The molecule has 3 rings (SSSR count). The summed E-state index contributed by atoms with van der Waals surface area (Å²) in [7, 11) is 3.11. The normalized spacial score (nSPS) is 11.1. The van der Waals surface area contributed by atoms with Gasteiger partial charge in [0.2, 0.25) is 0 Å². The van der Waals surface area contributed by atoms with Crippen LogP contribution < -0.4 is 20.1 Å². The van der Waals surface area contributed by atoms with Crippen molar-refractivity contribution in [3.05, 3.63) is 30.0 Å². The number of carbonyl (C=O) groups is 1. The minimum atomic E-state index is -0.211. The zero-order chi connectivity index (χ0) is 23.8. The first kappa shape index (κ1) is 24.6. The standard InChI is InChI=1S/C23H32N6O3S/c1-6-9-33-23-27-20(25-13-15(2)3)19-14-26-29(21(19)28-23)8-7-24-22(30)16-10-17(31-4)12-18(11-16)32-5/h10-12,14-15H,6-9,13H2,1-5H3,(H,24,30)(H,25,27,28). The van der Waals surface area contributed by atoms with Gasteiger partial charge in [0.25, 0.3) is 5.91 Å². The van der Waals surface area contributed by atoms with Crippen molar-refractivity contribution in [1.29, 1.82) is 0 Å². The number of ether oxygens (including phenoxy) is 2. The molecule has 178 valence electrons. The Hall–Kier alpha value is -3.01. The van der Waals surface area contributed by atoms with Crippen molar-refractivity contribution in [3.63, 3.8) is 0 Å². The van der Waals surface area contributed by atoms with E-state index in [1.807, 2.05) is 0 Å². The van der Waals surface area contributed by atoms with Crippen LogP contribution in [0.15, 0.2) is 29.6 Å². The molecule has 2 heterocycles. The number of nitrogens with one attached hydrogen (secondary N) is 2. The Labute approximate surface area is 198 Å². The number of fused-ring (bicyclic) bond motifs is 1. The lowest BCUT2D eigenvalue weighted by Gasteiger charge is -2.11. The van der Waals surface area contributed by atoms with Crippen molar-refractivity contribution in [2.24, 2.45) is 5.92 Å². The molecule has 1 aromatic carbocycles. The van der Waals surface area contributed by atoms with Crippen LogP contribution in [0.5, 0.6) is 11.5 Å². The number of hydrogen-bond acceptors (Lipinski definition) is 8. The lowest BCUT2D eigenvalue weighted by molar-refractivity contribution is 0.0951. The molecule has 0 aliphatic heterocycles. The summed E-state index contributed by atoms with van der Waals surface area (Å²) >= 11 is 1.63. The SMILES string of the molecule is CCCSc1nc(NCC(C)C)c2cnn(CCNC(=O)c3cc(OC)cc(OC)c3)c2n1. The Kier molecular flexibility index (Phi) is 8.76. The average molecular weight is 473 g/mol. The smallest absolute Gasteiger partial charge is 0.251 e. The first-order valence-electron chi connectivity index (χ1n) is 11.1. The van der Waals surface area contributed by atoms with E-state index in [0.29, 0.717) is 36.1 Å². The molecule has 0 radical (unpaired) electrons. The molecular formula is C23H32N6O3S. The molecule has 0 unspecified atom stereocenters. The lowest BCUT2D eigenvalue weighted by Crippen LogP contribution is -2.27. The number of carbonyl (C=O) groups excluding carboxylic acids is 1. The Morgan fingerprint density at radius 1 is 1.15 bits per heavy atom. The molecule has 0 atom stereocenters. The molecule has 0 aliphatic carbocycles. The van der Waals surface area contributed by atoms with Crippen molar-refractivity contribution in [3.8, 4) is 11.5 Å². The van der Waals surface area contributed by atoms with Gasteiger partial charge in [0.05, 0.1) is 32.3 Å². The zero-order valence-electron chi connectivity index (χ0n) is 19.8. The van der Waals surface area contributed by atoms with Crippen LogP contribution in [0, 0.1) is 5.92 Å². The second kappa shape index (κ2) is 11.7. The van der Waals surface area contributed by atoms with Gasteiger partial charge in [-0.1, -0.05) is 32.5 Å². The highest BCUT2D eigenvalue weighted by molar-refractivity contribution is 7.99. The van der Waals surface area contributed by atoms with E-state index in [9.17, 15) is 4.79 Å². The molecule has 2 aromatic heterocycles. The molecular weight excluding hydrogens is 440 g/mol. The molecule has 0 bridgehead atoms. The van der Waals surface area contributed by atoms with E-state index in [4.69, 9.17) is 19.4 Å². The molecule has 1 amide bonds. The van der Waals surface area contributed by atoms with Gasteiger partial charge < -0.3 is 20.1 Å². The Balaban J connectivity index is 1.74. The monoisotopic (exact) mass is 472 g/mol. The van der Waals surface area contributed by atoms with E-state index >= 15 is 0 Å². The van der Waals surface area contributed by atoms with Crippen LogP contribution in [0.1, 0.15) is 37.6 Å². The van der Waals surface area contributed by atoms with Gasteiger partial charge in [0.15, 0.2) is 10.8 Å². The average Bonchev–Trinajstić information content (AvgIpc) is 3.23. The maximum Gasteiger partial charge on any atom is 0.251 e. The lowest BCUT2D eigenvalue weighted by atomic mass is 10.2. The molecule has 10 heteroatoms. The summed E-state index contributed by atoms with van der Waals surface area (Å²) in [6, 6.07) is 5.09. The van der Waals surface area contributed by atoms with Crippen LogP contribution in [0.4, 0.5) is 5.82 Å². The third-order valence-corrected chi connectivity index (χ3v) is 5.86. The molecule has 33 heavy (non-hydrogen) atoms. The summed E-state index contributed by atoms with van der Waals surface area (Å²) in [6.07, 6.45) is 2.82. The zero-order valence-corrected chi connectivity index (χ0v) is 20.7. The maximum atomic E-state index is 12.7. The number of benzene rings is 1. The third kappa shape index (κ3) is 6.50. The minimum Gasteiger partial charge on any atom is -0.497 e. The molecule has 3 aromatic rings. The Morgan fingerprint density at radius 2 is 1.88 bits per heavy atom. The van der Waals surface area contributed by atoms with Gasteiger partial charge in [-0.25, -0.2) is 14.6 Å². The van der Waals surface area contributed by atoms with Crippen LogP contribution in [0.2, 0.25) is 0 Å². The second-order valence-electron chi connectivity index (χ2n) is 7.94. The van der Waals surface area contributed by atoms with Gasteiger partial charge in [-0.15, -0.1) is 0 Å². The molecule has 0 aliphatic rings.